The summed E-state index contributed by atoms with van der Waals surface area (Å²) in [5.74, 6) is -0.203. The third-order valence-corrected chi connectivity index (χ3v) is 8.49. The molecule has 0 N–H and O–H groups in total. The minimum Gasteiger partial charge on any atom is -0.255 e. The van der Waals surface area contributed by atoms with E-state index in [4.69, 9.17) is 0 Å². The van der Waals surface area contributed by atoms with E-state index in [-0.39, 0.29) is 29.4 Å². The first kappa shape index (κ1) is 18.0. The molecule has 3 rings (SSSR count). The van der Waals surface area contributed by atoms with Gasteiger partial charge in [-0.3, -0.25) is 4.98 Å². The number of nitrogens with zero attached hydrogens (tertiary/aromatic N) is 2. The number of fused-ring (bicyclic) bond motifs is 1. The molecule has 0 unspecified atom stereocenters. The minimum atomic E-state index is -3.95. The zero-order valence-electron chi connectivity index (χ0n) is 13.9. The van der Waals surface area contributed by atoms with E-state index in [1.807, 2.05) is 0 Å². The van der Waals surface area contributed by atoms with Gasteiger partial charge in [-0.25, -0.2) is 16.8 Å². The van der Waals surface area contributed by atoms with Crippen molar-refractivity contribution in [2.24, 2.45) is 0 Å². The predicted octanol–water partition coefficient (Wildman–Crippen LogP) is 1.99. The van der Waals surface area contributed by atoms with Gasteiger partial charge in [-0.05, 0) is 25.5 Å². The van der Waals surface area contributed by atoms with E-state index in [1.54, 1.807) is 37.4 Å². The summed E-state index contributed by atoms with van der Waals surface area (Å²) in [5, 5.41) is 0.714. The van der Waals surface area contributed by atoms with Crippen LogP contribution in [0.5, 0.6) is 0 Å². The van der Waals surface area contributed by atoms with Crippen molar-refractivity contribution in [3.8, 4) is 0 Å². The number of rotatable bonds is 5. The molecule has 6 nitrogen and oxygen atoms in total. The van der Waals surface area contributed by atoms with E-state index in [2.05, 4.69) is 11.6 Å². The quantitative estimate of drug-likeness (QED) is 0.741. The Kier molecular flexibility index (Phi) is 4.47. The lowest BCUT2D eigenvalue weighted by atomic mass is 10.0. The Morgan fingerprint density at radius 1 is 1.32 bits per heavy atom. The van der Waals surface area contributed by atoms with E-state index < -0.39 is 25.4 Å². The smallest absolute Gasteiger partial charge is 0.246 e. The van der Waals surface area contributed by atoms with Crippen LogP contribution in [0, 0.1) is 0 Å². The molecule has 134 valence electrons. The average Bonchev–Trinajstić information content (AvgIpc) is 2.85. The first-order chi connectivity index (χ1) is 11.7. The van der Waals surface area contributed by atoms with E-state index in [1.165, 1.54) is 16.4 Å². The highest BCUT2D eigenvalue weighted by Crippen LogP contribution is 2.35. The normalized spacial score (nSPS) is 23.1. The summed E-state index contributed by atoms with van der Waals surface area (Å²) >= 11 is 0. The zero-order valence-corrected chi connectivity index (χ0v) is 15.6. The lowest BCUT2D eigenvalue weighted by molar-refractivity contribution is 0.252. The van der Waals surface area contributed by atoms with Gasteiger partial charge in [-0.1, -0.05) is 24.3 Å². The molecule has 1 atom stereocenters. The van der Waals surface area contributed by atoms with Gasteiger partial charge in [0.15, 0.2) is 9.84 Å². The Bertz CT molecular complexity index is 1030. The molecule has 1 aliphatic rings. The van der Waals surface area contributed by atoms with Crippen LogP contribution in [0.4, 0.5) is 0 Å². The Morgan fingerprint density at radius 3 is 2.68 bits per heavy atom. The van der Waals surface area contributed by atoms with Crippen LogP contribution < -0.4 is 0 Å². The van der Waals surface area contributed by atoms with E-state index >= 15 is 0 Å². The predicted molar refractivity (Wildman–Crippen MR) is 97.5 cm³/mol. The molecule has 1 saturated heterocycles. The van der Waals surface area contributed by atoms with Crippen molar-refractivity contribution in [1.82, 2.24) is 9.29 Å². The van der Waals surface area contributed by atoms with Gasteiger partial charge in [-0.15, -0.1) is 6.58 Å². The molecule has 0 aliphatic carbocycles. The van der Waals surface area contributed by atoms with Crippen LogP contribution in [0.2, 0.25) is 0 Å². The van der Waals surface area contributed by atoms with Gasteiger partial charge in [0, 0.05) is 23.7 Å². The lowest BCUT2D eigenvalue weighted by Gasteiger charge is -2.35. The van der Waals surface area contributed by atoms with Gasteiger partial charge >= 0.3 is 0 Å². The standard InChI is InChI=1S/C17H20N2O4S2/c1-3-11-19(17(2)9-12-24(20,21)13-17)25(22,23)15-8-4-6-14-7-5-10-18-16(14)15/h3-8,10H,1,9,11-13H2,2H3/t17-/m0/s1. The molecule has 1 aromatic carbocycles. The fourth-order valence-corrected chi connectivity index (χ4v) is 7.48. The number of sulfone groups is 1. The number of hydrogen-bond acceptors (Lipinski definition) is 5. The summed E-state index contributed by atoms with van der Waals surface area (Å²) in [6.45, 7) is 5.35. The van der Waals surface area contributed by atoms with Crippen LogP contribution in [0.25, 0.3) is 10.9 Å². The monoisotopic (exact) mass is 380 g/mol. The fourth-order valence-electron chi connectivity index (χ4n) is 3.32. The van der Waals surface area contributed by atoms with Crippen molar-refractivity contribution in [2.75, 3.05) is 18.1 Å². The lowest BCUT2D eigenvalue weighted by Crippen LogP contribution is -2.50. The number of pyridine rings is 1. The van der Waals surface area contributed by atoms with Gasteiger partial charge in [0.05, 0.1) is 17.0 Å². The van der Waals surface area contributed by atoms with E-state index in [0.717, 1.165) is 0 Å². The molecule has 0 spiro atoms. The molecule has 2 aromatic rings. The van der Waals surface area contributed by atoms with Crippen molar-refractivity contribution in [1.29, 1.82) is 0 Å². The highest BCUT2D eigenvalue weighted by Gasteiger charge is 2.47. The van der Waals surface area contributed by atoms with Gasteiger partial charge in [0.1, 0.15) is 4.90 Å². The largest absolute Gasteiger partial charge is 0.255 e. The van der Waals surface area contributed by atoms with Crippen molar-refractivity contribution < 1.29 is 16.8 Å². The molecule has 1 fully saturated rings. The second kappa shape index (κ2) is 6.19. The van der Waals surface area contributed by atoms with Gasteiger partial charge in [-0.2, -0.15) is 4.31 Å². The summed E-state index contributed by atoms with van der Waals surface area (Å²) in [6, 6.07) is 8.50. The Balaban J connectivity index is 2.17. The third kappa shape index (κ3) is 3.21. The van der Waals surface area contributed by atoms with Crippen LogP contribution in [0.3, 0.4) is 0 Å². The van der Waals surface area contributed by atoms with Crippen LogP contribution >= 0.6 is 0 Å². The SMILES string of the molecule is C=CCN([C@@]1(C)CCS(=O)(=O)C1)S(=O)(=O)c1cccc2cccnc12. The number of sulfonamides is 1. The fraction of sp³-hybridized carbons (Fsp3) is 0.353. The maximum absolute atomic E-state index is 13.4. The molecular formula is C17H20N2O4S2. The topological polar surface area (TPSA) is 84.4 Å². The molecule has 0 amide bonds. The third-order valence-electron chi connectivity index (χ3n) is 4.54. The van der Waals surface area contributed by atoms with Crippen LogP contribution in [0.15, 0.2) is 54.1 Å². The summed E-state index contributed by atoms with van der Waals surface area (Å²) < 4.78 is 52.0. The van der Waals surface area contributed by atoms with Gasteiger partial charge in [0.2, 0.25) is 10.0 Å². The second-order valence-corrected chi connectivity index (χ2v) is 10.5. The van der Waals surface area contributed by atoms with Gasteiger partial charge < -0.3 is 0 Å². The number of aromatic nitrogens is 1. The van der Waals surface area contributed by atoms with Crippen molar-refractivity contribution in [3.63, 3.8) is 0 Å². The molecule has 1 aliphatic heterocycles. The number of para-hydroxylation sites is 1. The summed E-state index contributed by atoms with van der Waals surface area (Å²) in [4.78, 5) is 4.30. The number of hydrogen-bond donors (Lipinski definition) is 0. The van der Waals surface area contributed by atoms with Crippen LogP contribution in [-0.2, 0) is 19.9 Å². The number of benzene rings is 1. The van der Waals surface area contributed by atoms with Crippen LogP contribution in [0.1, 0.15) is 13.3 Å². The highest BCUT2D eigenvalue weighted by molar-refractivity contribution is 7.92. The first-order valence-electron chi connectivity index (χ1n) is 7.88. The maximum Gasteiger partial charge on any atom is 0.246 e. The summed E-state index contributed by atoms with van der Waals surface area (Å²) in [5.41, 5.74) is -0.619. The van der Waals surface area contributed by atoms with Crippen molar-refractivity contribution in [2.45, 2.75) is 23.8 Å². The average molecular weight is 380 g/mol. The molecule has 2 heterocycles. The minimum absolute atomic E-state index is 0.0134. The molecule has 8 heteroatoms. The second-order valence-electron chi connectivity index (χ2n) is 6.50. The summed E-state index contributed by atoms with van der Waals surface area (Å²) in [7, 11) is -7.20. The van der Waals surface area contributed by atoms with Crippen LogP contribution in [-0.4, -0.2) is 49.7 Å². The van der Waals surface area contributed by atoms with Crippen molar-refractivity contribution >= 4 is 30.8 Å². The van der Waals surface area contributed by atoms with E-state index in [0.29, 0.717) is 10.9 Å². The highest BCUT2D eigenvalue weighted by atomic mass is 32.2. The molecular weight excluding hydrogens is 360 g/mol. The molecule has 0 saturated carbocycles. The maximum atomic E-state index is 13.4. The Labute approximate surface area is 148 Å². The molecule has 1 aromatic heterocycles. The molecule has 0 bridgehead atoms. The first-order valence-corrected chi connectivity index (χ1v) is 11.1. The molecule has 0 radical (unpaired) electrons. The summed E-state index contributed by atoms with van der Waals surface area (Å²) in [6.07, 6.45) is 3.29. The Hall–Kier alpha value is -1.77. The molecule has 25 heavy (non-hydrogen) atoms. The van der Waals surface area contributed by atoms with Crippen molar-refractivity contribution in [3.05, 3.63) is 49.2 Å². The zero-order chi connectivity index (χ0) is 18.3. The van der Waals surface area contributed by atoms with E-state index in [9.17, 15) is 16.8 Å². The van der Waals surface area contributed by atoms with Gasteiger partial charge in [0.25, 0.3) is 0 Å². The Morgan fingerprint density at radius 2 is 2.04 bits per heavy atom.